The zero-order chi connectivity index (χ0) is 17.0. The molecule has 0 atom stereocenters. The minimum atomic E-state index is -3.22. The van der Waals surface area contributed by atoms with E-state index < -0.39 is 7.14 Å². The van der Waals surface area contributed by atoms with Gasteiger partial charge in [-0.25, -0.2) is 0 Å². The highest BCUT2D eigenvalue weighted by Gasteiger charge is 2.32. The lowest BCUT2D eigenvalue weighted by Gasteiger charge is -2.21. The van der Waals surface area contributed by atoms with E-state index in [0.29, 0.717) is 15.9 Å². The third kappa shape index (κ3) is 2.85. The van der Waals surface area contributed by atoms with Gasteiger partial charge in [0.25, 0.3) is 0 Å². The van der Waals surface area contributed by atoms with Crippen molar-refractivity contribution in [1.82, 2.24) is 0 Å². The Morgan fingerprint density at radius 3 is 1.92 bits per heavy atom. The normalized spacial score (nSPS) is 11.0. The Kier molecular flexibility index (Phi) is 4.51. The van der Waals surface area contributed by atoms with E-state index in [2.05, 4.69) is 6.07 Å². The molecule has 0 aliphatic heterocycles. The van der Waals surface area contributed by atoms with Crippen LogP contribution in [0.15, 0.2) is 78.9 Å². The second kappa shape index (κ2) is 6.74. The van der Waals surface area contributed by atoms with Crippen LogP contribution in [0.25, 0.3) is 0 Å². The molecule has 0 radical (unpaired) electrons. The van der Waals surface area contributed by atoms with Crippen molar-refractivity contribution < 1.29 is 9.67 Å². The summed E-state index contributed by atoms with van der Waals surface area (Å²) < 4.78 is 14.2. The minimum absolute atomic E-state index is 0.0206. The topological polar surface area (TPSA) is 61.1 Å². The molecule has 3 rings (SSSR count). The van der Waals surface area contributed by atoms with Crippen molar-refractivity contribution in [2.75, 3.05) is 0 Å². The Morgan fingerprint density at radius 1 is 0.875 bits per heavy atom. The van der Waals surface area contributed by atoms with E-state index in [0.717, 1.165) is 5.56 Å². The van der Waals surface area contributed by atoms with Crippen molar-refractivity contribution in [3.63, 3.8) is 0 Å². The summed E-state index contributed by atoms with van der Waals surface area (Å²) in [5, 5.41) is 21.0. The smallest absolute Gasteiger partial charge is 0.174 e. The van der Waals surface area contributed by atoms with Crippen LogP contribution in [0.1, 0.15) is 5.56 Å². The maximum Gasteiger partial charge on any atom is 0.174 e. The number of nitrogens with zero attached hydrogens (tertiary/aromatic N) is 1. The van der Waals surface area contributed by atoms with E-state index in [1.54, 1.807) is 12.1 Å². The maximum atomic E-state index is 14.2. The lowest BCUT2D eigenvalue weighted by Crippen LogP contribution is -2.25. The fourth-order valence-corrected chi connectivity index (χ4v) is 5.51. The van der Waals surface area contributed by atoms with Crippen molar-refractivity contribution >= 4 is 23.1 Å². The molecule has 0 saturated carbocycles. The molecular formula is C20H16NO2P. The van der Waals surface area contributed by atoms with Gasteiger partial charge in [0.15, 0.2) is 7.14 Å². The highest BCUT2D eigenvalue weighted by molar-refractivity contribution is 7.85. The zero-order valence-corrected chi connectivity index (χ0v) is 13.9. The Hall–Kier alpha value is -2.82. The molecule has 3 aromatic rings. The van der Waals surface area contributed by atoms with Crippen LogP contribution in [-0.4, -0.2) is 5.11 Å². The molecule has 0 saturated heterocycles. The molecule has 0 heterocycles. The maximum absolute atomic E-state index is 14.2. The fraction of sp³-hybridized carbons (Fsp3) is 0.0500. The molecule has 0 fully saturated rings. The van der Waals surface area contributed by atoms with Gasteiger partial charge in [0.05, 0.1) is 17.8 Å². The van der Waals surface area contributed by atoms with Gasteiger partial charge < -0.3 is 9.67 Å². The summed E-state index contributed by atoms with van der Waals surface area (Å²) >= 11 is 0. The number of benzene rings is 3. The number of phenolic OH excluding ortho intramolecular Hbond substituents is 1. The second-order valence-electron chi connectivity index (χ2n) is 5.44. The molecule has 24 heavy (non-hydrogen) atoms. The van der Waals surface area contributed by atoms with Crippen molar-refractivity contribution in [3.8, 4) is 11.8 Å². The molecule has 3 nitrogen and oxygen atoms in total. The minimum Gasteiger partial charge on any atom is -0.507 e. The van der Waals surface area contributed by atoms with Crippen LogP contribution in [0.5, 0.6) is 5.75 Å². The van der Waals surface area contributed by atoms with Gasteiger partial charge in [-0.05, 0) is 17.7 Å². The third-order valence-electron chi connectivity index (χ3n) is 3.90. The molecule has 4 heteroatoms. The van der Waals surface area contributed by atoms with Crippen LogP contribution in [0.2, 0.25) is 0 Å². The average Bonchev–Trinajstić information content (AvgIpc) is 2.64. The van der Waals surface area contributed by atoms with Crippen LogP contribution in [-0.2, 0) is 11.0 Å². The first-order chi connectivity index (χ1) is 11.7. The summed E-state index contributed by atoms with van der Waals surface area (Å²) in [4.78, 5) is 0. The van der Waals surface area contributed by atoms with E-state index in [1.807, 2.05) is 60.7 Å². The monoisotopic (exact) mass is 333 g/mol. The predicted molar refractivity (Wildman–Crippen MR) is 96.8 cm³/mol. The molecule has 0 spiro atoms. The first kappa shape index (κ1) is 16.1. The highest BCUT2D eigenvalue weighted by Crippen LogP contribution is 2.44. The molecule has 0 amide bonds. The van der Waals surface area contributed by atoms with Gasteiger partial charge in [0.2, 0.25) is 0 Å². The van der Waals surface area contributed by atoms with Crippen molar-refractivity contribution in [2.45, 2.75) is 6.42 Å². The van der Waals surface area contributed by atoms with Crippen LogP contribution >= 0.6 is 7.14 Å². The van der Waals surface area contributed by atoms with Crippen LogP contribution in [0.4, 0.5) is 0 Å². The largest absolute Gasteiger partial charge is 0.507 e. The van der Waals surface area contributed by atoms with Gasteiger partial charge in [-0.2, -0.15) is 5.26 Å². The molecule has 0 unspecified atom stereocenters. The second-order valence-corrected chi connectivity index (χ2v) is 8.17. The number of rotatable bonds is 4. The molecule has 118 valence electrons. The van der Waals surface area contributed by atoms with Crippen LogP contribution in [0, 0.1) is 11.3 Å². The number of hydrogen-bond donors (Lipinski definition) is 1. The quantitative estimate of drug-likeness (QED) is 0.746. The number of phenols is 1. The number of aromatic hydroxyl groups is 1. The average molecular weight is 333 g/mol. The van der Waals surface area contributed by atoms with Crippen molar-refractivity contribution in [3.05, 3.63) is 84.4 Å². The van der Waals surface area contributed by atoms with Crippen LogP contribution < -0.4 is 15.9 Å². The summed E-state index contributed by atoms with van der Waals surface area (Å²) in [7, 11) is -3.22. The Labute approximate surface area is 141 Å². The summed E-state index contributed by atoms with van der Waals surface area (Å²) in [6.45, 7) is 0. The van der Waals surface area contributed by atoms with Gasteiger partial charge in [-0.3, -0.25) is 0 Å². The first-order valence-corrected chi connectivity index (χ1v) is 9.27. The summed E-state index contributed by atoms with van der Waals surface area (Å²) in [5.74, 6) is -0.0206. The van der Waals surface area contributed by atoms with Crippen molar-refractivity contribution in [1.29, 1.82) is 5.26 Å². The Balaban J connectivity index is 2.30. The third-order valence-corrected chi connectivity index (χ3v) is 6.99. The van der Waals surface area contributed by atoms with E-state index in [4.69, 9.17) is 5.26 Å². The summed E-state index contributed by atoms with van der Waals surface area (Å²) in [6.07, 6.45) is 0.205. The van der Waals surface area contributed by atoms with E-state index in [1.165, 1.54) is 6.07 Å². The van der Waals surface area contributed by atoms with Gasteiger partial charge >= 0.3 is 0 Å². The standard InChI is InChI=1S/C20H16NO2P/c21-14-13-16-11-12-19(22)20(15-16)24(23,17-7-3-1-4-8-17)18-9-5-2-6-10-18/h1-12,15,22H,13H2. The fourth-order valence-electron chi connectivity index (χ4n) is 2.73. The van der Waals surface area contributed by atoms with E-state index in [-0.39, 0.29) is 12.2 Å². The lowest BCUT2D eigenvalue weighted by molar-refractivity contribution is 0.479. The molecule has 0 aromatic heterocycles. The molecular weight excluding hydrogens is 317 g/mol. The number of hydrogen-bond acceptors (Lipinski definition) is 3. The Bertz CT molecular complexity index is 887. The van der Waals surface area contributed by atoms with Gasteiger partial charge in [0, 0.05) is 10.6 Å². The Morgan fingerprint density at radius 2 is 1.42 bits per heavy atom. The zero-order valence-electron chi connectivity index (χ0n) is 13.0. The molecule has 0 bridgehead atoms. The molecule has 1 N–H and O–H groups in total. The SMILES string of the molecule is N#CCc1ccc(O)c(P(=O)(c2ccccc2)c2ccccc2)c1. The summed E-state index contributed by atoms with van der Waals surface area (Å²) in [6, 6.07) is 25.3. The van der Waals surface area contributed by atoms with Crippen LogP contribution in [0.3, 0.4) is 0 Å². The summed E-state index contributed by atoms with van der Waals surface area (Å²) in [5.41, 5.74) is 0.734. The first-order valence-electron chi connectivity index (χ1n) is 7.57. The lowest BCUT2D eigenvalue weighted by atomic mass is 10.2. The van der Waals surface area contributed by atoms with Gasteiger partial charge in [-0.15, -0.1) is 0 Å². The predicted octanol–water partition coefficient (Wildman–Crippen LogP) is 3.10. The van der Waals surface area contributed by atoms with E-state index >= 15 is 0 Å². The van der Waals surface area contributed by atoms with Gasteiger partial charge in [0.1, 0.15) is 5.75 Å². The molecule has 3 aromatic carbocycles. The molecule has 0 aliphatic carbocycles. The molecule has 0 aliphatic rings. The van der Waals surface area contributed by atoms with E-state index in [9.17, 15) is 9.67 Å². The number of nitriles is 1. The highest BCUT2D eigenvalue weighted by atomic mass is 31.2. The van der Waals surface area contributed by atoms with Gasteiger partial charge in [-0.1, -0.05) is 66.7 Å². The van der Waals surface area contributed by atoms with Crippen molar-refractivity contribution in [2.24, 2.45) is 0 Å².